The first-order valence-corrected chi connectivity index (χ1v) is 22.9. The Morgan fingerprint density at radius 3 is 2.76 bits per heavy atom. The minimum absolute atomic E-state index is 0.000517. The average molecular weight is 821 g/mol. The highest BCUT2D eigenvalue weighted by Crippen LogP contribution is 2.43. The number of nitrogens with one attached hydrogen (secondary N) is 2. The number of carbonyl (C=O) groups excluding carboxylic acids is 1. The van der Waals surface area contributed by atoms with Gasteiger partial charge in [0.1, 0.15) is 12.2 Å². The predicted octanol–water partition coefficient (Wildman–Crippen LogP) is 3.50. The third-order valence-electron chi connectivity index (χ3n) is 14.7. The smallest absolute Gasteiger partial charge is 0.302 e. The van der Waals surface area contributed by atoms with Crippen LogP contribution in [0.4, 0.5) is 0 Å². The number of piperidine rings is 3. The van der Waals surface area contributed by atoms with E-state index in [0.29, 0.717) is 61.6 Å². The maximum atomic E-state index is 12.9. The summed E-state index contributed by atoms with van der Waals surface area (Å²) in [5.41, 5.74) is 7.50. The molecule has 1 aliphatic carbocycles. The molecule has 6 aliphatic heterocycles. The molecule has 13 heteroatoms. The van der Waals surface area contributed by atoms with Gasteiger partial charge in [-0.2, -0.15) is 0 Å². The van der Waals surface area contributed by atoms with E-state index in [0.717, 1.165) is 102 Å². The molecule has 0 radical (unpaired) electrons. The second-order valence-electron chi connectivity index (χ2n) is 18.9. The van der Waals surface area contributed by atoms with Gasteiger partial charge in [-0.05, 0) is 105 Å². The van der Waals surface area contributed by atoms with Crippen molar-refractivity contribution in [2.75, 3.05) is 52.5 Å². The maximum Gasteiger partial charge on any atom is 0.302 e. The van der Waals surface area contributed by atoms with Crippen LogP contribution in [0.15, 0.2) is 17.1 Å². The first kappa shape index (κ1) is 44.0. The Labute approximate surface area is 351 Å². The Kier molecular flexibility index (Phi) is 15.0. The highest BCUT2D eigenvalue weighted by Gasteiger charge is 2.46. The zero-order chi connectivity index (χ0) is 41.5. The number of aliphatic hydroxyl groups excluding tert-OH is 3. The number of aromatic hydroxyl groups is 1. The number of guanidine groups is 1. The Morgan fingerprint density at radius 2 is 1.97 bits per heavy atom. The summed E-state index contributed by atoms with van der Waals surface area (Å²) in [5.74, 6) is 8.75. The van der Waals surface area contributed by atoms with Crippen LogP contribution in [0.1, 0.15) is 108 Å². The van der Waals surface area contributed by atoms with Gasteiger partial charge in [-0.15, -0.1) is 0 Å². The van der Waals surface area contributed by atoms with E-state index in [2.05, 4.69) is 39.2 Å². The van der Waals surface area contributed by atoms with Gasteiger partial charge in [0, 0.05) is 70.0 Å². The van der Waals surface area contributed by atoms with E-state index in [9.17, 15) is 25.2 Å². The molecule has 2 unspecified atom stereocenters. The Bertz CT molecular complexity index is 1670. The van der Waals surface area contributed by atoms with Crippen LogP contribution in [0.2, 0.25) is 0 Å². The number of nitrogens with zero attached hydrogens (tertiary/aromatic N) is 3. The van der Waals surface area contributed by atoms with Crippen molar-refractivity contribution >= 4 is 11.9 Å². The van der Waals surface area contributed by atoms with E-state index >= 15 is 0 Å². The van der Waals surface area contributed by atoms with Crippen molar-refractivity contribution in [2.24, 2.45) is 45.7 Å². The van der Waals surface area contributed by atoms with E-state index in [-0.39, 0.29) is 61.3 Å². The molecule has 8 rings (SSSR count). The van der Waals surface area contributed by atoms with Crippen molar-refractivity contribution in [1.29, 1.82) is 0 Å². The van der Waals surface area contributed by atoms with Gasteiger partial charge in [0.2, 0.25) is 0 Å². The molecule has 328 valence electrons. The van der Waals surface area contributed by atoms with E-state index < -0.39 is 23.6 Å². The number of phenolic OH excluding ortho intramolecular Hbond substituents is 1. The topological polar surface area (TPSA) is 185 Å². The lowest BCUT2D eigenvalue weighted by Gasteiger charge is -2.52. The number of ether oxygens (including phenoxy) is 2. The summed E-state index contributed by atoms with van der Waals surface area (Å²) in [6.07, 6.45) is 9.89. The molecule has 8 N–H and O–H groups in total. The van der Waals surface area contributed by atoms with E-state index in [1.54, 1.807) is 6.07 Å². The third-order valence-corrected chi connectivity index (χ3v) is 14.7. The number of esters is 1. The lowest BCUT2D eigenvalue weighted by Crippen LogP contribution is -2.60. The standard InChI is InChI=1S/C46H72N6O7/c1-3-4-5-8-36-25-52-23-31-16-34(41(52)27-54)24-51(22-31)29-50-45(47)49-28-46(36)13-10-32-7-6-9-37-20-39(12-15-48-37)59-44-19-33(35(26-53)18-42(44)57)17-40(32)43(58-30(2)55)21-38(56)11-14-46/h18-19,31-32,34,36-41,43,48,53-54,56-57H,3-9,11-12,14-17,20-29H2,1-2H3,(H3,47,49,50)/t31-,32-,34-,36-,37+,38+,39-,40+,41-,43+,46-/m1/s1. The summed E-state index contributed by atoms with van der Waals surface area (Å²) < 4.78 is 12.7. The summed E-state index contributed by atoms with van der Waals surface area (Å²) >= 11 is 0. The third kappa shape index (κ3) is 10.9. The number of phenols is 1. The second-order valence-corrected chi connectivity index (χ2v) is 18.9. The molecular formula is C46H72N6O7. The van der Waals surface area contributed by atoms with Gasteiger partial charge >= 0.3 is 5.97 Å². The van der Waals surface area contributed by atoms with Crippen molar-refractivity contribution in [3.8, 4) is 23.3 Å². The van der Waals surface area contributed by atoms with Crippen LogP contribution in [0, 0.1) is 46.8 Å². The second kappa shape index (κ2) is 20.2. The first-order valence-electron chi connectivity index (χ1n) is 22.9. The fraction of sp³-hybridized carbons (Fsp3) is 0.783. The van der Waals surface area contributed by atoms with Gasteiger partial charge in [0.05, 0.1) is 31.4 Å². The van der Waals surface area contributed by atoms with E-state index in [1.165, 1.54) is 6.92 Å². The molecule has 59 heavy (non-hydrogen) atoms. The van der Waals surface area contributed by atoms with Gasteiger partial charge in [-0.3, -0.25) is 14.6 Å². The summed E-state index contributed by atoms with van der Waals surface area (Å²) in [6, 6.07) is 3.77. The minimum atomic E-state index is -0.766. The number of unbranched alkanes of at least 4 members (excludes halogenated alkanes) is 2. The molecule has 13 nitrogen and oxygen atoms in total. The molecule has 0 aromatic heterocycles. The fourth-order valence-electron chi connectivity index (χ4n) is 11.6. The van der Waals surface area contributed by atoms with Crippen molar-refractivity contribution in [2.45, 2.75) is 141 Å². The molecule has 0 saturated carbocycles. The average Bonchev–Trinajstić information content (AvgIpc) is 3.22. The van der Waals surface area contributed by atoms with E-state index in [4.69, 9.17) is 20.2 Å². The SMILES string of the molecule is CCCCC[C@@H]1CN2C[C@@H]3C[C@H](CN(CN=C(N)NC[C@]14C#C[C@H]1CCC[C@H]5C[C@@H](CCN5)Oc5cc(c(CO)cc5O)C[C@@H]1[C@@H](OC(C)=O)C[C@@H](O)CC4)C3)[C@H]2CO. The van der Waals surface area contributed by atoms with Gasteiger partial charge in [-0.25, -0.2) is 4.99 Å². The summed E-state index contributed by atoms with van der Waals surface area (Å²) in [5, 5.41) is 51.9. The van der Waals surface area contributed by atoms with Crippen LogP contribution in [-0.4, -0.2) is 125 Å². The first-order chi connectivity index (χ1) is 28.6. The fourth-order valence-corrected chi connectivity index (χ4v) is 11.6. The maximum absolute atomic E-state index is 12.9. The Morgan fingerprint density at radius 1 is 1.10 bits per heavy atom. The van der Waals surface area contributed by atoms with Crippen molar-refractivity contribution in [1.82, 2.24) is 20.4 Å². The number of benzene rings is 1. The molecule has 1 aromatic carbocycles. The Balaban J connectivity index is 1.35. The summed E-state index contributed by atoms with van der Waals surface area (Å²) in [6.45, 7) is 8.92. The highest BCUT2D eigenvalue weighted by molar-refractivity contribution is 5.77. The number of rotatable bonds is 7. The molecular weight excluding hydrogens is 749 g/mol. The van der Waals surface area contributed by atoms with E-state index in [1.807, 2.05) is 6.07 Å². The molecule has 3 fully saturated rings. The number of aliphatic hydroxyl groups is 3. The van der Waals surface area contributed by atoms with Crippen molar-refractivity contribution < 1.29 is 34.7 Å². The number of carbonyl (C=O) groups is 1. The minimum Gasteiger partial charge on any atom is -0.504 e. The lowest BCUT2D eigenvalue weighted by molar-refractivity contribution is -0.152. The molecule has 1 spiro atoms. The van der Waals surface area contributed by atoms with Crippen LogP contribution in [0.5, 0.6) is 11.5 Å². The molecule has 3 saturated heterocycles. The summed E-state index contributed by atoms with van der Waals surface area (Å²) in [7, 11) is 0. The Hall–Kier alpha value is -3.12. The quantitative estimate of drug-likeness (QED) is 0.121. The number of hydrogen-bond acceptors (Lipinski definition) is 13. The number of nitrogens with two attached hydrogens (primary N) is 1. The molecule has 0 amide bonds. The molecule has 1 aromatic rings. The zero-order valence-corrected chi connectivity index (χ0v) is 35.6. The number of fused-ring (bicyclic) bond motifs is 9. The number of aliphatic imine (C=N–C) groups is 1. The van der Waals surface area contributed by atoms with Crippen LogP contribution in [-0.2, 0) is 22.6 Å². The highest BCUT2D eigenvalue weighted by atomic mass is 16.5. The number of hydrogen-bond donors (Lipinski definition) is 7. The molecule has 13 atom stereocenters. The van der Waals surface area contributed by atoms with Crippen LogP contribution in [0.25, 0.3) is 0 Å². The van der Waals surface area contributed by atoms with Crippen molar-refractivity contribution in [3.63, 3.8) is 0 Å². The lowest BCUT2D eigenvalue weighted by atomic mass is 9.67. The van der Waals surface area contributed by atoms with Gasteiger partial charge < -0.3 is 46.3 Å². The monoisotopic (exact) mass is 821 g/mol. The van der Waals surface area contributed by atoms with Crippen LogP contribution in [0.3, 0.4) is 0 Å². The molecule has 8 bridgehead atoms. The van der Waals surface area contributed by atoms with Crippen LogP contribution < -0.4 is 21.1 Å². The zero-order valence-electron chi connectivity index (χ0n) is 35.6. The van der Waals surface area contributed by atoms with Gasteiger partial charge in [-0.1, -0.05) is 44.4 Å². The van der Waals surface area contributed by atoms with Gasteiger partial charge in [0.25, 0.3) is 0 Å². The molecule has 7 aliphatic rings. The predicted molar refractivity (Wildman–Crippen MR) is 227 cm³/mol. The summed E-state index contributed by atoms with van der Waals surface area (Å²) in [4.78, 5) is 22.7. The van der Waals surface area contributed by atoms with Crippen LogP contribution >= 0.6 is 0 Å². The van der Waals surface area contributed by atoms with Crippen molar-refractivity contribution in [3.05, 3.63) is 23.3 Å². The van der Waals surface area contributed by atoms with Gasteiger partial charge in [0.15, 0.2) is 17.5 Å². The largest absolute Gasteiger partial charge is 0.504 e. The normalized spacial score (nSPS) is 37.7. The molecule has 6 heterocycles.